The van der Waals surface area contributed by atoms with Crippen molar-refractivity contribution in [3.05, 3.63) is 114 Å². The quantitative estimate of drug-likeness (QED) is 0.320. The molecule has 5 rings (SSSR count). The predicted molar refractivity (Wildman–Crippen MR) is 134 cm³/mol. The van der Waals surface area contributed by atoms with E-state index in [1.807, 2.05) is 43.3 Å². The Kier molecular flexibility index (Phi) is 6.40. The summed E-state index contributed by atoms with van der Waals surface area (Å²) in [4.78, 5) is 24.7. The Bertz CT molecular complexity index is 1490. The molecule has 8 nitrogen and oxygen atoms in total. The van der Waals surface area contributed by atoms with E-state index in [1.54, 1.807) is 48.5 Å². The van der Waals surface area contributed by atoms with Crippen LogP contribution in [0.5, 0.6) is 0 Å². The highest BCUT2D eigenvalue weighted by Gasteiger charge is 2.12. The number of carbonyl (C=O) groups excluding carboxylic acids is 2. The predicted octanol–water partition coefficient (Wildman–Crippen LogP) is 5.49. The number of nitrogens with zero attached hydrogens (tertiary/aromatic N) is 2. The third-order valence-corrected chi connectivity index (χ3v) is 5.49. The van der Waals surface area contributed by atoms with Crippen LogP contribution in [0.4, 0.5) is 5.69 Å². The minimum absolute atomic E-state index is 0.206. The van der Waals surface area contributed by atoms with Crippen molar-refractivity contribution in [1.82, 2.24) is 15.5 Å². The van der Waals surface area contributed by atoms with Gasteiger partial charge in [0, 0.05) is 28.9 Å². The Balaban J connectivity index is 1.17. The topological polar surface area (TPSA) is 110 Å². The van der Waals surface area contributed by atoms with E-state index < -0.39 is 0 Å². The van der Waals surface area contributed by atoms with Crippen molar-refractivity contribution < 1.29 is 18.4 Å². The fourth-order valence-electron chi connectivity index (χ4n) is 3.59. The van der Waals surface area contributed by atoms with Crippen LogP contribution < -0.4 is 10.6 Å². The van der Waals surface area contributed by atoms with Gasteiger partial charge in [0.05, 0.1) is 6.26 Å². The van der Waals surface area contributed by atoms with Crippen molar-refractivity contribution in [2.24, 2.45) is 0 Å². The highest BCUT2D eigenvalue weighted by atomic mass is 16.4. The zero-order valence-corrected chi connectivity index (χ0v) is 19.4. The van der Waals surface area contributed by atoms with Gasteiger partial charge in [-0.15, -0.1) is 10.2 Å². The second kappa shape index (κ2) is 10.1. The maximum absolute atomic E-state index is 12.6. The largest absolute Gasteiger partial charge is 0.459 e. The summed E-state index contributed by atoms with van der Waals surface area (Å²) in [6.45, 7) is 2.35. The van der Waals surface area contributed by atoms with E-state index in [4.69, 9.17) is 8.83 Å². The number of nitrogens with one attached hydrogen (secondary N) is 2. The first-order chi connectivity index (χ1) is 17.5. The van der Waals surface area contributed by atoms with Gasteiger partial charge < -0.3 is 19.5 Å². The van der Waals surface area contributed by atoms with Gasteiger partial charge in [-0.05, 0) is 73.2 Å². The van der Waals surface area contributed by atoms with Gasteiger partial charge in [0.25, 0.3) is 11.8 Å². The van der Waals surface area contributed by atoms with E-state index in [1.165, 1.54) is 6.26 Å². The highest BCUT2D eigenvalue weighted by Crippen LogP contribution is 2.24. The monoisotopic (exact) mass is 478 g/mol. The average molecular weight is 479 g/mol. The summed E-state index contributed by atoms with van der Waals surface area (Å²) in [5, 5.41) is 13.9. The number of hydrogen-bond donors (Lipinski definition) is 2. The maximum atomic E-state index is 12.6. The Morgan fingerprint density at radius 2 is 1.56 bits per heavy atom. The second-order valence-corrected chi connectivity index (χ2v) is 8.17. The Labute approximate surface area is 207 Å². The lowest BCUT2D eigenvalue weighted by Gasteiger charge is -2.08. The minimum Gasteiger partial charge on any atom is -0.459 e. The highest BCUT2D eigenvalue weighted by molar-refractivity contribution is 6.02. The molecular weight excluding hydrogens is 456 g/mol. The van der Waals surface area contributed by atoms with Gasteiger partial charge in [0.2, 0.25) is 11.8 Å². The third-order valence-electron chi connectivity index (χ3n) is 5.49. The summed E-state index contributed by atoms with van der Waals surface area (Å²) in [7, 11) is 0. The Morgan fingerprint density at radius 1 is 0.806 bits per heavy atom. The van der Waals surface area contributed by atoms with E-state index in [-0.39, 0.29) is 17.6 Å². The molecule has 2 heterocycles. The molecule has 0 bridgehead atoms. The van der Waals surface area contributed by atoms with E-state index >= 15 is 0 Å². The molecule has 0 saturated heterocycles. The number of furan rings is 1. The van der Waals surface area contributed by atoms with E-state index in [0.29, 0.717) is 29.6 Å². The normalized spacial score (nSPS) is 10.7. The molecule has 2 amide bonds. The number of aryl methyl sites for hydroxylation is 1. The number of aromatic nitrogens is 2. The summed E-state index contributed by atoms with van der Waals surface area (Å²) >= 11 is 0. The second-order valence-electron chi connectivity index (χ2n) is 8.17. The molecule has 36 heavy (non-hydrogen) atoms. The van der Waals surface area contributed by atoms with Gasteiger partial charge in [0.15, 0.2) is 5.76 Å². The van der Waals surface area contributed by atoms with Gasteiger partial charge in [-0.1, -0.05) is 29.8 Å². The van der Waals surface area contributed by atoms with Crippen molar-refractivity contribution in [2.45, 2.75) is 13.5 Å². The molecular formula is C28H22N4O4. The molecule has 2 aromatic heterocycles. The van der Waals surface area contributed by atoms with Crippen LogP contribution in [0.25, 0.3) is 22.9 Å². The van der Waals surface area contributed by atoms with Crippen LogP contribution in [0.1, 0.15) is 32.0 Å². The van der Waals surface area contributed by atoms with Crippen LogP contribution in [0.2, 0.25) is 0 Å². The van der Waals surface area contributed by atoms with E-state index in [2.05, 4.69) is 20.8 Å². The third kappa shape index (κ3) is 5.23. The van der Waals surface area contributed by atoms with Crippen LogP contribution >= 0.6 is 0 Å². The zero-order chi connectivity index (χ0) is 24.9. The van der Waals surface area contributed by atoms with Crippen molar-refractivity contribution >= 4 is 17.5 Å². The minimum atomic E-state index is -0.323. The lowest BCUT2D eigenvalue weighted by molar-refractivity contribution is 0.0949. The van der Waals surface area contributed by atoms with Gasteiger partial charge in [-0.25, -0.2) is 0 Å². The molecule has 0 aliphatic rings. The molecule has 0 radical (unpaired) electrons. The molecule has 0 atom stereocenters. The number of rotatable bonds is 7. The smallest absolute Gasteiger partial charge is 0.291 e. The SMILES string of the molecule is Cc1cccc(-c2nnc(-c3ccc(C(=O)NCc4ccc(NC(=O)c5ccco5)cc4)cc3)o2)c1. The zero-order valence-electron chi connectivity index (χ0n) is 19.4. The first-order valence-corrected chi connectivity index (χ1v) is 11.3. The molecule has 0 unspecified atom stereocenters. The first-order valence-electron chi connectivity index (χ1n) is 11.3. The number of anilines is 1. The van der Waals surface area contributed by atoms with Crippen LogP contribution in [-0.2, 0) is 6.54 Å². The molecule has 5 aromatic rings. The lowest BCUT2D eigenvalue weighted by Crippen LogP contribution is -2.22. The average Bonchev–Trinajstić information content (AvgIpc) is 3.61. The molecule has 0 aliphatic heterocycles. The number of carbonyl (C=O) groups is 2. The maximum Gasteiger partial charge on any atom is 0.291 e. The fraction of sp³-hybridized carbons (Fsp3) is 0.0714. The van der Waals surface area contributed by atoms with Gasteiger partial charge in [-0.2, -0.15) is 0 Å². The van der Waals surface area contributed by atoms with Gasteiger partial charge >= 0.3 is 0 Å². The number of amides is 2. The first kappa shape index (κ1) is 22.8. The molecule has 0 aliphatic carbocycles. The van der Waals surface area contributed by atoms with Crippen LogP contribution in [0, 0.1) is 6.92 Å². The van der Waals surface area contributed by atoms with Gasteiger partial charge in [0.1, 0.15) is 0 Å². The van der Waals surface area contributed by atoms with Crippen LogP contribution in [-0.4, -0.2) is 22.0 Å². The summed E-state index contributed by atoms with van der Waals surface area (Å²) in [5.74, 6) is 0.544. The molecule has 8 heteroatoms. The van der Waals surface area contributed by atoms with E-state index in [0.717, 1.165) is 22.3 Å². The summed E-state index contributed by atoms with van der Waals surface area (Å²) < 4.78 is 10.9. The lowest BCUT2D eigenvalue weighted by atomic mass is 10.1. The van der Waals surface area contributed by atoms with E-state index in [9.17, 15) is 9.59 Å². The van der Waals surface area contributed by atoms with Crippen molar-refractivity contribution in [1.29, 1.82) is 0 Å². The fourth-order valence-corrected chi connectivity index (χ4v) is 3.59. The molecule has 178 valence electrons. The standard InChI is InChI=1S/C28H22N4O4/c1-18-4-2-5-22(16-18)28-32-31-27(36-28)21-11-9-20(10-12-21)25(33)29-17-19-7-13-23(14-8-19)30-26(34)24-6-3-15-35-24/h2-16H,17H2,1H3,(H,29,33)(H,30,34). The Hall–Kier alpha value is -4.98. The molecule has 0 spiro atoms. The number of hydrogen-bond acceptors (Lipinski definition) is 6. The molecule has 2 N–H and O–H groups in total. The Morgan fingerprint density at radius 3 is 2.25 bits per heavy atom. The van der Waals surface area contributed by atoms with Crippen LogP contribution in [0.3, 0.4) is 0 Å². The summed E-state index contributed by atoms with van der Waals surface area (Å²) in [5.41, 5.74) is 4.73. The number of benzene rings is 3. The summed E-state index contributed by atoms with van der Waals surface area (Å²) in [6, 6.07) is 25.3. The van der Waals surface area contributed by atoms with Crippen LogP contribution in [0.15, 0.2) is 100 Å². The van der Waals surface area contributed by atoms with Crippen molar-refractivity contribution in [3.63, 3.8) is 0 Å². The summed E-state index contributed by atoms with van der Waals surface area (Å²) in [6.07, 6.45) is 1.45. The van der Waals surface area contributed by atoms with Gasteiger partial charge in [-0.3, -0.25) is 9.59 Å². The molecule has 0 fully saturated rings. The molecule has 0 saturated carbocycles. The van der Waals surface area contributed by atoms with Crippen molar-refractivity contribution in [2.75, 3.05) is 5.32 Å². The van der Waals surface area contributed by atoms with Crippen molar-refractivity contribution in [3.8, 4) is 22.9 Å². The molecule has 3 aromatic carbocycles.